The van der Waals surface area contributed by atoms with Gasteiger partial charge < -0.3 is 20.1 Å². The van der Waals surface area contributed by atoms with Crippen LogP contribution < -0.4 is 10.6 Å². The molecule has 0 aromatic heterocycles. The molecule has 116 valence electrons. The van der Waals surface area contributed by atoms with Crippen molar-refractivity contribution in [3.8, 4) is 0 Å². The van der Waals surface area contributed by atoms with Gasteiger partial charge in [0.2, 0.25) is 11.8 Å². The molecule has 0 saturated carbocycles. The smallest absolute Gasteiger partial charge is 0.243 e. The van der Waals surface area contributed by atoms with E-state index in [2.05, 4.69) is 10.6 Å². The fraction of sp³-hybridized carbons (Fsp3) is 0.467. The lowest BCUT2D eigenvalue weighted by molar-refractivity contribution is -0.132. The van der Waals surface area contributed by atoms with Crippen LogP contribution in [-0.4, -0.2) is 44.9 Å². The second kappa shape index (κ2) is 9.10. The lowest BCUT2D eigenvalue weighted by atomic mass is 10.1. The van der Waals surface area contributed by atoms with Crippen molar-refractivity contribution >= 4 is 11.8 Å². The fourth-order valence-electron chi connectivity index (χ4n) is 1.87. The summed E-state index contributed by atoms with van der Waals surface area (Å²) in [5.74, 6) is -0.519. The third-order valence-corrected chi connectivity index (χ3v) is 2.95. The van der Waals surface area contributed by atoms with Crippen LogP contribution >= 0.6 is 0 Å². The summed E-state index contributed by atoms with van der Waals surface area (Å²) in [4.78, 5) is 23.4. The molecule has 6 heteroatoms. The van der Waals surface area contributed by atoms with Crippen LogP contribution in [0.25, 0.3) is 0 Å². The number of methoxy groups -OCH3 is 2. The van der Waals surface area contributed by atoms with Gasteiger partial charge in [0.25, 0.3) is 0 Å². The maximum Gasteiger partial charge on any atom is 0.243 e. The zero-order valence-corrected chi connectivity index (χ0v) is 12.6. The van der Waals surface area contributed by atoms with Gasteiger partial charge in [-0.15, -0.1) is 0 Å². The number of amides is 2. The summed E-state index contributed by atoms with van der Waals surface area (Å²) in [6.45, 7) is 1.61. The SMILES string of the molecule is COC(CNC(=O)C(Cc1ccccc1)NC(C)=O)OC. The molecule has 2 N–H and O–H groups in total. The number of benzene rings is 1. The first-order chi connectivity index (χ1) is 10.1. The third-order valence-electron chi connectivity index (χ3n) is 2.95. The van der Waals surface area contributed by atoms with Gasteiger partial charge in [-0.05, 0) is 5.56 Å². The number of ether oxygens (including phenoxy) is 2. The van der Waals surface area contributed by atoms with Crippen LogP contribution in [0.15, 0.2) is 30.3 Å². The molecule has 21 heavy (non-hydrogen) atoms. The fourth-order valence-corrected chi connectivity index (χ4v) is 1.87. The molecular weight excluding hydrogens is 272 g/mol. The minimum atomic E-state index is -0.626. The van der Waals surface area contributed by atoms with E-state index in [1.807, 2.05) is 30.3 Å². The van der Waals surface area contributed by atoms with Crippen LogP contribution in [0.4, 0.5) is 0 Å². The lowest BCUT2D eigenvalue weighted by Gasteiger charge is -2.20. The quantitative estimate of drug-likeness (QED) is 0.683. The maximum atomic E-state index is 12.2. The van der Waals surface area contributed by atoms with Crippen molar-refractivity contribution < 1.29 is 19.1 Å². The topological polar surface area (TPSA) is 76.7 Å². The standard InChI is InChI=1S/C15H22N2O4/c1-11(18)17-13(9-12-7-5-4-6-8-12)15(19)16-10-14(20-2)21-3/h4-8,13-14H,9-10H2,1-3H3,(H,16,19)(H,17,18). The third kappa shape index (κ3) is 6.37. The molecule has 0 bridgehead atoms. The number of hydrogen-bond donors (Lipinski definition) is 2. The molecule has 1 atom stereocenters. The Hall–Kier alpha value is -1.92. The number of carbonyl (C=O) groups is 2. The van der Waals surface area contributed by atoms with Gasteiger partial charge in [-0.25, -0.2) is 0 Å². The Kier molecular flexibility index (Phi) is 7.42. The van der Waals surface area contributed by atoms with Gasteiger partial charge in [-0.1, -0.05) is 30.3 Å². The Labute approximate surface area is 124 Å². The second-order valence-electron chi connectivity index (χ2n) is 4.59. The number of carbonyl (C=O) groups excluding carboxylic acids is 2. The van der Waals surface area contributed by atoms with Crippen molar-refractivity contribution in [1.29, 1.82) is 0 Å². The van der Waals surface area contributed by atoms with Crippen molar-refractivity contribution in [2.75, 3.05) is 20.8 Å². The molecule has 1 unspecified atom stereocenters. The summed E-state index contributed by atoms with van der Waals surface area (Å²) in [6.07, 6.45) is -0.0830. The predicted octanol–water partition coefficient (Wildman–Crippen LogP) is 0.469. The molecule has 0 radical (unpaired) electrons. The van der Waals surface area contributed by atoms with E-state index in [0.29, 0.717) is 6.42 Å². The lowest BCUT2D eigenvalue weighted by Crippen LogP contribution is -2.49. The Morgan fingerprint density at radius 3 is 2.29 bits per heavy atom. The summed E-state index contributed by atoms with van der Waals surface area (Å²) in [6, 6.07) is 8.89. The minimum absolute atomic E-state index is 0.219. The normalized spacial score (nSPS) is 12.0. The second-order valence-corrected chi connectivity index (χ2v) is 4.59. The molecule has 1 rings (SSSR count). The molecule has 0 saturated heterocycles. The van der Waals surface area contributed by atoms with Crippen LogP contribution in [0.1, 0.15) is 12.5 Å². The summed E-state index contributed by atoms with van der Waals surface area (Å²) >= 11 is 0. The molecule has 0 aliphatic heterocycles. The summed E-state index contributed by atoms with van der Waals surface area (Å²) in [5, 5.41) is 5.36. The van der Waals surface area contributed by atoms with Crippen molar-refractivity contribution in [1.82, 2.24) is 10.6 Å². The van der Waals surface area contributed by atoms with Gasteiger partial charge in [0, 0.05) is 27.6 Å². The van der Waals surface area contributed by atoms with E-state index >= 15 is 0 Å². The highest BCUT2D eigenvalue weighted by atomic mass is 16.7. The first kappa shape index (κ1) is 17.1. The molecule has 0 heterocycles. The van der Waals surface area contributed by atoms with Crippen LogP contribution in [0.5, 0.6) is 0 Å². The molecular formula is C15H22N2O4. The monoisotopic (exact) mass is 294 g/mol. The van der Waals surface area contributed by atoms with E-state index in [4.69, 9.17) is 9.47 Å². The Balaban J connectivity index is 2.63. The van der Waals surface area contributed by atoms with Gasteiger partial charge in [0.15, 0.2) is 6.29 Å². The van der Waals surface area contributed by atoms with Crippen molar-refractivity contribution in [3.05, 3.63) is 35.9 Å². The zero-order valence-electron chi connectivity index (χ0n) is 12.6. The summed E-state index contributed by atoms with van der Waals surface area (Å²) < 4.78 is 10.0. The minimum Gasteiger partial charge on any atom is -0.354 e. The van der Waals surface area contributed by atoms with Gasteiger partial charge >= 0.3 is 0 Å². The Morgan fingerprint density at radius 2 is 1.76 bits per heavy atom. The summed E-state index contributed by atoms with van der Waals surface area (Å²) in [5.41, 5.74) is 0.974. The first-order valence-corrected chi connectivity index (χ1v) is 6.71. The Bertz CT molecular complexity index is 446. The number of nitrogens with one attached hydrogen (secondary N) is 2. The molecule has 1 aromatic carbocycles. The van der Waals surface area contributed by atoms with Crippen molar-refractivity contribution in [3.63, 3.8) is 0 Å². The van der Waals surface area contributed by atoms with Crippen LogP contribution in [0, 0.1) is 0 Å². The molecule has 0 aliphatic carbocycles. The molecule has 0 aliphatic rings. The highest BCUT2D eigenvalue weighted by Gasteiger charge is 2.20. The van der Waals surface area contributed by atoms with Crippen LogP contribution in [0.2, 0.25) is 0 Å². The average molecular weight is 294 g/mol. The van der Waals surface area contributed by atoms with E-state index in [-0.39, 0.29) is 18.4 Å². The van der Waals surface area contributed by atoms with Crippen LogP contribution in [0.3, 0.4) is 0 Å². The van der Waals surface area contributed by atoms with E-state index in [0.717, 1.165) is 5.56 Å². The summed E-state index contributed by atoms with van der Waals surface area (Å²) in [7, 11) is 2.99. The zero-order chi connectivity index (χ0) is 15.7. The van der Waals surface area contributed by atoms with Gasteiger partial charge in [0.05, 0.1) is 6.54 Å². The first-order valence-electron chi connectivity index (χ1n) is 6.71. The largest absolute Gasteiger partial charge is 0.354 e. The predicted molar refractivity (Wildman–Crippen MR) is 78.6 cm³/mol. The molecule has 0 spiro atoms. The van der Waals surface area contributed by atoms with Crippen LogP contribution in [-0.2, 0) is 25.5 Å². The maximum absolute atomic E-state index is 12.2. The average Bonchev–Trinajstić information content (AvgIpc) is 2.48. The Morgan fingerprint density at radius 1 is 1.14 bits per heavy atom. The molecule has 1 aromatic rings. The van der Waals surface area contributed by atoms with Gasteiger partial charge in [0.1, 0.15) is 6.04 Å². The highest BCUT2D eigenvalue weighted by Crippen LogP contribution is 2.04. The molecule has 2 amide bonds. The molecule has 6 nitrogen and oxygen atoms in total. The van der Waals surface area contributed by atoms with Crippen molar-refractivity contribution in [2.24, 2.45) is 0 Å². The van der Waals surface area contributed by atoms with Crippen molar-refractivity contribution in [2.45, 2.75) is 25.7 Å². The van der Waals surface area contributed by atoms with E-state index in [1.54, 1.807) is 0 Å². The van der Waals surface area contributed by atoms with Gasteiger partial charge in [-0.2, -0.15) is 0 Å². The number of hydrogen-bond acceptors (Lipinski definition) is 4. The number of rotatable bonds is 8. The van der Waals surface area contributed by atoms with E-state index in [9.17, 15) is 9.59 Å². The molecule has 0 fully saturated rings. The van der Waals surface area contributed by atoms with Gasteiger partial charge in [-0.3, -0.25) is 9.59 Å². The van der Waals surface area contributed by atoms with E-state index in [1.165, 1.54) is 21.1 Å². The highest BCUT2D eigenvalue weighted by molar-refractivity contribution is 5.87. The van der Waals surface area contributed by atoms with E-state index < -0.39 is 12.3 Å².